The van der Waals surface area contributed by atoms with Crippen LogP contribution in [0.4, 0.5) is 0 Å². The molecule has 0 aliphatic rings. The number of carboxylic acids is 1. The second-order valence-electron chi connectivity index (χ2n) is 5.12. The van der Waals surface area contributed by atoms with E-state index in [-0.39, 0.29) is 5.69 Å². The first-order chi connectivity index (χ1) is 11.0. The molecule has 118 valence electrons. The maximum atomic E-state index is 11.7. The van der Waals surface area contributed by atoms with Gasteiger partial charge >= 0.3 is 5.97 Å². The van der Waals surface area contributed by atoms with Crippen molar-refractivity contribution in [3.63, 3.8) is 0 Å². The van der Waals surface area contributed by atoms with Gasteiger partial charge in [-0.25, -0.2) is 9.78 Å². The molecular weight excluding hydrogens is 296 g/mol. The topological polar surface area (TPSA) is 73.1 Å². The molecule has 6 heteroatoms. The fraction of sp³-hybridized carbons (Fsp3) is 0.176. The number of aryl methyl sites for hydroxylation is 1. The number of hydrogen-bond acceptors (Lipinski definition) is 4. The Kier molecular flexibility index (Phi) is 3.65. The Balaban J connectivity index is 2.27. The van der Waals surface area contributed by atoms with Gasteiger partial charge in [-0.15, -0.1) is 0 Å². The number of methoxy groups -OCH3 is 2. The molecule has 6 nitrogen and oxygen atoms in total. The Morgan fingerprint density at radius 2 is 1.87 bits per heavy atom. The van der Waals surface area contributed by atoms with E-state index in [0.29, 0.717) is 28.4 Å². The molecule has 0 spiro atoms. The average molecular weight is 312 g/mol. The molecule has 0 radical (unpaired) electrons. The number of rotatable bonds is 4. The number of nitrogens with zero attached hydrogens (tertiary/aromatic N) is 2. The van der Waals surface area contributed by atoms with Crippen molar-refractivity contribution in [2.75, 3.05) is 14.2 Å². The molecule has 0 fully saturated rings. The van der Waals surface area contributed by atoms with Gasteiger partial charge in [0.25, 0.3) is 0 Å². The Morgan fingerprint density at radius 1 is 1.13 bits per heavy atom. The lowest BCUT2D eigenvalue weighted by Crippen LogP contribution is -2.04. The molecule has 0 atom stereocenters. The number of fused-ring (bicyclic) bond motifs is 1. The van der Waals surface area contributed by atoms with Crippen molar-refractivity contribution in [2.45, 2.75) is 6.92 Å². The third-order valence-electron chi connectivity index (χ3n) is 3.63. The normalized spacial score (nSPS) is 10.7. The van der Waals surface area contributed by atoms with Crippen LogP contribution in [-0.4, -0.2) is 34.7 Å². The minimum atomic E-state index is -1.03. The Hall–Kier alpha value is -3.02. The van der Waals surface area contributed by atoms with Crippen LogP contribution in [0.3, 0.4) is 0 Å². The quantitative estimate of drug-likeness (QED) is 0.801. The second kappa shape index (κ2) is 5.64. The molecule has 23 heavy (non-hydrogen) atoms. The number of aromatic carboxylic acids is 1. The Morgan fingerprint density at radius 3 is 2.52 bits per heavy atom. The Labute approximate surface area is 132 Å². The summed E-state index contributed by atoms with van der Waals surface area (Å²) in [6, 6.07) is 8.91. The van der Waals surface area contributed by atoms with Crippen LogP contribution in [0, 0.1) is 6.92 Å². The van der Waals surface area contributed by atoms with Crippen LogP contribution in [0.2, 0.25) is 0 Å². The van der Waals surface area contributed by atoms with Crippen LogP contribution in [0.5, 0.6) is 11.5 Å². The van der Waals surface area contributed by atoms with Crippen molar-refractivity contribution in [3.05, 3.63) is 47.8 Å². The molecule has 0 aliphatic heterocycles. The summed E-state index contributed by atoms with van der Waals surface area (Å²) in [5.74, 6) is 0.0650. The number of ether oxygens (including phenoxy) is 2. The SMILES string of the molecule is COc1ccc(-c2nc3ccc(C)cn3c2C(=O)O)cc1OC. The Bertz CT molecular complexity index is 899. The van der Waals surface area contributed by atoms with Crippen LogP contribution in [-0.2, 0) is 0 Å². The molecular formula is C17H16N2O4. The van der Waals surface area contributed by atoms with E-state index in [9.17, 15) is 9.90 Å². The minimum absolute atomic E-state index is 0.121. The molecule has 0 saturated carbocycles. The molecule has 3 aromatic rings. The fourth-order valence-electron chi connectivity index (χ4n) is 2.54. The van der Waals surface area contributed by atoms with Crippen molar-refractivity contribution in [1.82, 2.24) is 9.38 Å². The summed E-state index contributed by atoms with van der Waals surface area (Å²) in [6.45, 7) is 1.90. The van der Waals surface area contributed by atoms with Gasteiger partial charge in [0.15, 0.2) is 17.2 Å². The van der Waals surface area contributed by atoms with Crippen molar-refractivity contribution >= 4 is 11.6 Å². The number of hydrogen-bond donors (Lipinski definition) is 1. The minimum Gasteiger partial charge on any atom is -0.493 e. The van der Waals surface area contributed by atoms with Gasteiger partial charge in [0.2, 0.25) is 0 Å². The van der Waals surface area contributed by atoms with E-state index in [0.717, 1.165) is 5.56 Å². The highest BCUT2D eigenvalue weighted by Crippen LogP contribution is 2.33. The smallest absolute Gasteiger partial charge is 0.355 e. The van der Waals surface area contributed by atoms with Gasteiger partial charge in [0, 0.05) is 11.8 Å². The first kappa shape index (κ1) is 14.9. The highest BCUT2D eigenvalue weighted by molar-refractivity contribution is 5.95. The van der Waals surface area contributed by atoms with Crippen LogP contribution in [0.25, 0.3) is 16.9 Å². The van der Waals surface area contributed by atoms with Gasteiger partial charge in [-0.1, -0.05) is 6.07 Å². The molecule has 2 aromatic heterocycles. The third-order valence-corrected chi connectivity index (χ3v) is 3.63. The summed E-state index contributed by atoms with van der Waals surface area (Å²) in [5, 5.41) is 9.62. The van der Waals surface area contributed by atoms with Gasteiger partial charge in [-0.2, -0.15) is 0 Å². The molecule has 0 saturated heterocycles. The molecule has 1 aromatic carbocycles. The molecule has 0 amide bonds. The van der Waals surface area contributed by atoms with Crippen molar-refractivity contribution in [3.8, 4) is 22.8 Å². The highest BCUT2D eigenvalue weighted by Gasteiger charge is 2.21. The second-order valence-corrected chi connectivity index (χ2v) is 5.12. The maximum absolute atomic E-state index is 11.7. The standard InChI is InChI=1S/C17H16N2O4/c1-10-4-7-14-18-15(16(17(20)21)19(14)9-10)11-5-6-12(22-2)13(8-11)23-3/h4-9H,1-3H3,(H,20,21). The van der Waals surface area contributed by atoms with E-state index in [2.05, 4.69) is 4.98 Å². The van der Waals surface area contributed by atoms with Gasteiger partial charge in [-0.05, 0) is 36.8 Å². The third kappa shape index (κ3) is 2.48. The zero-order chi connectivity index (χ0) is 16.6. The zero-order valence-electron chi connectivity index (χ0n) is 13.0. The molecule has 1 N–H and O–H groups in total. The lowest BCUT2D eigenvalue weighted by Gasteiger charge is -2.09. The lowest BCUT2D eigenvalue weighted by molar-refractivity contribution is 0.0690. The number of aromatic nitrogens is 2. The van der Waals surface area contributed by atoms with E-state index in [1.807, 2.05) is 13.0 Å². The predicted molar refractivity (Wildman–Crippen MR) is 85.4 cm³/mol. The summed E-state index contributed by atoms with van der Waals surface area (Å²) < 4.78 is 12.1. The highest BCUT2D eigenvalue weighted by atomic mass is 16.5. The van der Waals surface area contributed by atoms with Gasteiger partial charge in [-0.3, -0.25) is 4.40 Å². The first-order valence-electron chi connectivity index (χ1n) is 6.99. The van der Waals surface area contributed by atoms with Crippen molar-refractivity contribution < 1.29 is 19.4 Å². The van der Waals surface area contributed by atoms with E-state index < -0.39 is 5.97 Å². The van der Waals surface area contributed by atoms with Gasteiger partial charge in [0.05, 0.1) is 14.2 Å². The summed E-state index contributed by atoms with van der Waals surface area (Å²) in [6.07, 6.45) is 1.76. The largest absolute Gasteiger partial charge is 0.493 e. The molecule has 0 bridgehead atoms. The van der Waals surface area contributed by atoms with E-state index in [4.69, 9.17) is 9.47 Å². The molecule has 0 unspecified atom stereocenters. The number of benzene rings is 1. The fourth-order valence-corrected chi connectivity index (χ4v) is 2.54. The van der Waals surface area contributed by atoms with Crippen LogP contribution in [0.15, 0.2) is 36.5 Å². The zero-order valence-corrected chi connectivity index (χ0v) is 13.0. The maximum Gasteiger partial charge on any atom is 0.355 e. The molecule has 0 aliphatic carbocycles. The van der Waals surface area contributed by atoms with Crippen molar-refractivity contribution in [2.24, 2.45) is 0 Å². The predicted octanol–water partition coefficient (Wildman–Crippen LogP) is 3.03. The first-order valence-corrected chi connectivity index (χ1v) is 6.99. The van der Waals surface area contributed by atoms with Gasteiger partial charge < -0.3 is 14.6 Å². The number of pyridine rings is 1. The van der Waals surface area contributed by atoms with E-state index in [1.165, 1.54) is 7.11 Å². The summed E-state index contributed by atoms with van der Waals surface area (Å²) >= 11 is 0. The molecule has 2 heterocycles. The summed E-state index contributed by atoms with van der Waals surface area (Å²) in [7, 11) is 3.08. The monoisotopic (exact) mass is 312 g/mol. The van der Waals surface area contributed by atoms with Gasteiger partial charge in [0.1, 0.15) is 11.3 Å². The molecule has 3 rings (SSSR count). The summed E-state index contributed by atoms with van der Waals surface area (Å²) in [4.78, 5) is 16.2. The van der Waals surface area contributed by atoms with Crippen LogP contribution in [0.1, 0.15) is 16.1 Å². The summed E-state index contributed by atoms with van der Waals surface area (Å²) in [5.41, 5.74) is 2.70. The lowest BCUT2D eigenvalue weighted by atomic mass is 10.1. The number of carbonyl (C=O) groups is 1. The van der Waals surface area contributed by atoms with E-state index in [1.54, 1.807) is 42.0 Å². The van der Waals surface area contributed by atoms with Crippen LogP contribution < -0.4 is 9.47 Å². The van der Waals surface area contributed by atoms with Crippen LogP contribution >= 0.6 is 0 Å². The number of imidazole rings is 1. The number of carboxylic acid groups (broad SMARTS) is 1. The van der Waals surface area contributed by atoms with Crippen molar-refractivity contribution in [1.29, 1.82) is 0 Å². The van der Waals surface area contributed by atoms with E-state index >= 15 is 0 Å². The average Bonchev–Trinajstić information content (AvgIpc) is 2.92.